The Morgan fingerprint density at radius 1 is 1.25 bits per heavy atom. The van der Waals surface area contributed by atoms with Gasteiger partial charge in [0.2, 0.25) is 0 Å². The van der Waals surface area contributed by atoms with Crippen LogP contribution in [0.4, 0.5) is 0 Å². The molecule has 0 bridgehead atoms. The fraction of sp³-hybridized carbons (Fsp3) is 0.381. The number of aliphatic hydroxyl groups excluding tert-OH is 1. The lowest BCUT2D eigenvalue weighted by atomic mass is 10.0. The van der Waals surface area contributed by atoms with E-state index in [1.165, 1.54) is 0 Å². The lowest BCUT2D eigenvalue weighted by Crippen LogP contribution is -2.41. The summed E-state index contributed by atoms with van der Waals surface area (Å²) in [4.78, 5) is 4.57. The zero-order valence-electron chi connectivity index (χ0n) is 16.2. The van der Waals surface area contributed by atoms with Crippen LogP contribution in [0.25, 0.3) is 0 Å². The summed E-state index contributed by atoms with van der Waals surface area (Å²) in [6.07, 6.45) is 0.191. The Morgan fingerprint density at radius 2 is 2.00 bits per heavy atom. The molecule has 152 valence electrons. The first kappa shape index (κ1) is 22.3. The molecule has 0 amide bonds. The predicted octanol–water partition coefficient (Wildman–Crippen LogP) is 3.43. The number of guanidine groups is 1. The van der Waals surface area contributed by atoms with Crippen LogP contribution in [0.1, 0.15) is 36.6 Å². The molecule has 2 aromatic rings. The number of aliphatic hydroxyl groups is 1. The fourth-order valence-corrected chi connectivity index (χ4v) is 3.09. The van der Waals surface area contributed by atoms with Crippen molar-refractivity contribution in [3.8, 4) is 11.5 Å². The number of nitrogens with zero attached hydrogens (tertiary/aromatic N) is 1. The van der Waals surface area contributed by atoms with Gasteiger partial charge in [-0.2, -0.15) is 0 Å². The van der Waals surface area contributed by atoms with Crippen LogP contribution in [-0.2, 0) is 0 Å². The number of hydrogen-bond donors (Lipinski definition) is 3. The monoisotopic (exact) mass is 497 g/mol. The van der Waals surface area contributed by atoms with Crippen molar-refractivity contribution in [2.45, 2.75) is 25.5 Å². The maximum Gasteiger partial charge on any atom is 0.191 e. The number of para-hydroxylation sites is 1. The summed E-state index contributed by atoms with van der Waals surface area (Å²) in [7, 11) is 1.62. The summed E-state index contributed by atoms with van der Waals surface area (Å²) in [6.45, 7) is 3.71. The van der Waals surface area contributed by atoms with Gasteiger partial charge in [0.05, 0.1) is 32.4 Å². The highest BCUT2D eigenvalue weighted by Crippen LogP contribution is 2.31. The number of nitrogens with one attached hydrogen (secondary N) is 2. The Bertz CT molecular complexity index is 768. The quantitative estimate of drug-likeness (QED) is 0.324. The zero-order chi connectivity index (χ0) is 19.1. The van der Waals surface area contributed by atoms with Gasteiger partial charge in [-0.15, -0.1) is 24.0 Å². The van der Waals surface area contributed by atoms with Crippen molar-refractivity contribution in [2.75, 3.05) is 26.8 Å². The smallest absolute Gasteiger partial charge is 0.191 e. The number of halogens is 1. The first-order valence-corrected chi connectivity index (χ1v) is 9.30. The van der Waals surface area contributed by atoms with Gasteiger partial charge in [-0.25, -0.2) is 0 Å². The molecule has 0 spiro atoms. The van der Waals surface area contributed by atoms with E-state index in [1.807, 2.05) is 49.4 Å². The van der Waals surface area contributed by atoms with Gasteiger partial charge >= 0.3 is 0 Å². The van der Waals surface area contributed by atoms with E-state index in [2.05, 4.69) is 21.7 Å². The summed E-state index contributed by atoms with van der Waals surface area (Å²) in [5.74, 6) is 2.37. The Kier molecular flexibility index (Phi) is 8.85. The summed E-state index contributed by atoms with van der Waals surface area (Å²) in [5, 5.41) is 17.2. The van der Waals surface area contributed by atoms with E-state index < -0.39 is 6.10 Å². The van der Waals surface area contributed by atoms with Crippen molar-refractivity contribution >= 4 is 29.9 Å². The predicted molar refractivity (Wildman–Crippen MR) is 122 cm³/mol. The second kappa shape index (κ2) is 11.1. The number of hydrogen-bond acceptors (Lipinski definition) is 4. The van der Waals surface area contributed by atoms with E-state index in [0.717, 1.165) is 35.6 Å². The maximum absolute atomic E-state index is 10.4. The molecule has 0 fully saturated rings. The summed E-state index contributed by atoms with van der Waals surface area (Å²) in [6, 6.07) is 15.6. The van der Waals surface area contributed by atoms with Crippen molar-refractivity contribution in [2.24, 2.45) is 4.99 Å². The lowest BCUT2D eigenvalue weighted by molar-refractivity contribution is 0.187. The van der Waals surface area contributed by atoms with Crippen LogP contribution in [0.5, 0.6) is 11.5 Å². The van der Waals surface area contributed by atoms with Gasteiger partial charge in [0, 0.05) is 18.5 Å². The average Bonchev–Trinajstić information content (AvgIpc) is 2.72. The molecule has 1 aliphatic heterocycles. The third-order valence-corrected chi connectivity index (χ3v) is 4.54. The van der Waals surface area contributed by atoms with Gasteiger partial charge in [-0.3, -0.25) is 4.99 Å². The number of aliphatic imine (C=N–C) groups is 1. The minimum atomic E-state index is -0.673. The van der Waals surface area contributed by atoms with Gasteiger partial charge in [0.25, 0.3) is 0 Å². The number of fused-ring (bicyclic) bond motifs is 1. The maximum atomic E-state index is 10.4. The van der Waals surface area contributed by atoms with E-state index >= 15 is 0 Å². The molecule has 0 radical (unpaired) electrons. The second-order valence-corrected chi connectivity index (χ2v) is 6.38. The molecule has 0 aromatic heterocycles. The molecular weight excluding hydrogens is 469 g/mol. The highest BCUT2D eigenvalue weighted by molar-refractivity contribution is 14.0. The van der Waals surface area contributed by atoms with Crippen molar-refractivity contribution in [1.82, 2.24) is 10.6 Å². The molecule has 3 rings (SSSR count). The van der Waals surface area contributed by atoms with Gasteiger partial charge < -0.3 is 25.2 Å². The molecule has 0 saturated heterocycles. The second-order valence-electron chi connectivity index (χ2n) is 6.38. The highest BCUT2D eigenvalue weighted by Gasteiger charge is 2.22. The molecule has 1 aliphatic rings. The van der Waals surface area contributed by atoms with Crippen LogP contribution in [0.3, 0.4) is 0 Å². The van der Waals surface area contributed by atoms with Crippen LogP contribution in [0.15, 0.2) is 53.5 Å². The molecule has 7 heteroatoms. The number of benzene rings is 2. The topological polar surface area (TPSA) is 75.1 Å². The lowest BCUT2D eigenvalue weighted by Gasteiger charge is -2.28. The standard InChI is InChI=1S/C21H27N3O3.HI/c1-3-22-21(23-14-19(25)15-8-10-16(26-2)11-9-15)24-18-12-13-27-20-7-5-4-6-17(18)20;/h4-11,18-19,25H,3,12-14H2,1-2H3,(H2,22,23,24);1H. The van der Waals surface area contributed by atoms with Crippen molar-refractivity contribution < 1.29 is 14.6 Å². The average molecular weight is 497 g/mol. The minimum absolute atomic E-state index is 0. The van der Waals surface area contributed by atoms with Crippen LogP contribution in [0, 0.1) is 0 Å². The number of ether oxygens (including phenoxy) is 2. The molecule has 0 saturated carbocycles. The first-order valence-electron chi connectivity index (χ1n) is 9.30. The fourth-order valence-electron chi connectivity index (χ4n) is 3.09. The molecule has 2 aromatic carbocycles. The molecule has 1 heterocycles. The largest absolute Gasteiger partial charge is 0.497 e. The van der Waals surface area contributed by atoms with Gasteiger partial charge in [-0.1, -0.05) is 30.3 Å². The molecule has 0 aliphatic carbocycles. The van der Waals surface area contributed by atoms with Crippen molar-refractivity contribution in [3.63, 3.8) is 0 Å². The third kappa shape index (κ3) is 5.75. The molecule has 2 unspecified atom stereocenters. The van der Waals surface area contributed by atoms with E-state index in [4.69, 9.17) is 9.47 Å². The Morgan fingerprint density at radius 3 is 2.71 bits per heavy atom. The van der Waals surface area contributed by atoms with E-state index in [1.54, 1.807) is 7.11 Å². The highest BCUT2D eigenvalue weighted by atomic mass is 127. The minimum Gasteiger partial charge on any atom is -0.497 e. The van der Waals surface area contributed by atoms with Crippen LogP contribution in [-0.4, -0.2) is 37.9 Å². The molecule has 2 atom stereocenters. The van der Waals surface area contributed by atoms with E-state index in [0.29, 0.717) is 12.6 Å². The SMILES string of the molecule is CCNC(=NCC(O)c1ccc(OC)cc1)NC1CCOc2ccccc21.I. The Labute approximate surface area is 183 Å². The first-order chi connectivity index (χ1) is 13.2. The summed E-state index contributed by atoms with van der Waals surface area (Å²) < 4.78 is 10.9. The van der Waals surface area contributed by atoms with Crippen LogP contribution in [0.2, 0.25) is 0 Å². The number of methoxy groups -OCH3 is 1. The third-order valence-electron chi connectivity index (χ3n) is 4.54. The van der Waals surface area contributed by atoms with Crippen molar-refractivity contribution in [1.29, 1.82) is 0 Å². The number of rotatable bonds is 6. The van der Waals surface area contributed by atoms with E-state index in [-0.39, 0.29) is 36.6 Å². The van der Waals surface area contributed by atoms with Crippen molar-refractivity contribution in [3.05, 3.63) is 59.7 Å². The summed E-state index contributed by atoms with van der Waals surface area (Å²) >= 11 is 0. The molecule has 28 heavy (non-hydrogen) atoms. The van der Waals surface area contributed by atoms with Crippen LogP contribution >= 0.6 is 24.0 Å². The molecule has 6 nitrogen and oxygen atoms in total. The van der Waals surface area contributed by atoms with E-state index in [9.17, 15) is 5.11 Å². The van der Waals surface area contributed by atoms with Gasteiger partial charge in [-0.05, 0) is 30.7 Å². The molecular formula is C21H28IN3O3. The van der Waals surface area contributed by atoms with Crippen LogP contribution < -0.4 is 20.1 Å². The van der Waals surface area contributed by atoms with Gasteiger partial charge in [0.1, 0.15) is 11.5 Å². The Balaban J connectivity index is 0.00000280. The molecule has 3 N–H and O–H groups in total. The normalized spacial score (nSPS) is 16.8. The zero-order valence-corrected chi connectivity index (χ0v) is 18.6. The van der Waals surface area contributed by atoms with Gasteiger partial charge in [0.15, 0.2) is 5.96 Å². The summed E-state index contributed by atoms with van der Waals surface area (Å²) in [5.41, 5.74) is 1.94. The Hall–Kier alpha value is -2.00.